The van der Waals surface area contributed by atoms with E-state index in [1.165, 1.54) is 12.3 Å². The van der Waals surface area contributed by atoms with Crippen LogP contribution in [0, 0.1) is 6.92 Å². The number of aryl methyl sites for hydroxylation is 1. The maximum atomic E-state index is 13.1. The van der Waals surface area contributed by atoms with E-state index in [1.807, 2.05) is 38.1 Å². The molecule has 7 heteroatoms. The largest absolute Gasteiger partial charge is 0.416 e. The van der Waals surface area contributed by atoms with E-state index in [9.17, 15) is 18.0 Å². The number of carbonyl (C=O) groups is 1. The molecule has 2 aromatic carbocycles. The molecule has 2 heterocycles. The molecule has 0 saturated carbocycles. The van der Waals surface area contributed by atoms with Gasteiger partial charge >= 0.3 is 6.18 Å². The molecule has 0 aliphatic heterocycles. The lowest BCUT2D eigenvalue weighted by Gasteiger charge is -2.15. The molecule has 4 rings (SSSR count). The van der Waals surface area contributed by atoms with Crippen molar-refractivity contribution in [1.29, 1.82) is 0 Å². The molecule has 0 radical (unpaired) electrons. The minimum absolute atomic E-state index is 0.214. The molecule has 0 unspecified atom stereocenters. The Bertz CT molecular complexity index is 1260. The Morgan fingerprint density at radius 1 is 1.09 bits per heavy atom. The quantitative estimate of drug-likeness (QED) is 0.433. The number of carbonyl (C=O) groups excluding carboxylic acids is 1. The molecule has 1 N–H and O–H groups in total. The van der Waals surface area contributed by atoms with Gasteiger partial charge in [0.2, 0.25) is 0 Å². The molecule has 1 amide bonds. The number of alkyl halides is 3. The average Bonchev–Trinajstić information content (AvgIpc) is 3.19. The molecular formula is C25H22F3N3O. The van der Waals surface area contributed by atoms with E-state index in [0.29, 0.717) is 16.6 Å². The molecule has 0 saturated heterocycles. The Labute approximate surface area is 183 Å². The van der Waals surface area contributed by atoms with Crippen LogP contribution in [0.5, 0.6) is 0 Å². The van der Waals surface area contributed by atoms with Crippen molar-refractivity contribution in [3.8, 4) is 0 Å². The number of nitrogens with zero attached hydrogens (tertiary/aromatic N) is 2. The number of amides is 1. The Morgan fingerprint density at radius 2 is 1.84 bits per heavy atom. The van der Waals surface area contributed by atoms with Crippen LogP contribution in [0.3, 0.4) is 0 Å². The standard InChI is InChI=1S/C25H22F3N3O/c1-16-8-10-19(11-9-16)17(2)30-24(32)22-15-29-31-12-4-6-20(23(22)31)13-18-5-3-7-21(14-18)25(26,27)28/h3-12,14-15,17H,13H2,1-2H3,(H,30,32)/t17-/m0/s1. The van der Waals surface area contributed by atoms with Gasteiger partial charge in [0.05, 0.1) is 28.9 Å². The summed E-state index contributed by atoms with van der Waals surface area (Å²) in [7, 11) is 0. The number of hydrogen-bond acceptors (Lipinski definition) is 2. The van der Waals surface area contributed by atoms with Gasteiger partial charge in [0, 0.05) is 6.20 Å². The van der Waals surface area contributed by atoms with Gasteiger partial charge in [-0.25, -0.2) is 4.52 Å². The number of nitrogens with one attached hydrogen (secondary N) is 1. The zero-order valence-corrected chi connectivity index (χ0v) is 17.6. The summed E-state index contributed by atoms with van der Waals surface area (Å²) in [6.45, 7) is 3.90. The van der Waals surface area contributed by atoms with Crippen LogP contribution in [0.1, 0.15) is 51.1 Å². The number of fused-ring (bicyclic) bond motifs is 1. The number of hydrogen-bond donors (Lipinski definition) is 1. The summed E-state index contributed by atoms with van der Waals surface area (Å²) >= 11 is 0. The van der Waals surface area contributed by atoms with Crippen LogP contribution < -0.4 is 5.32 Å². The predicted octanol–water partition coefficient (Wildman–Crippen LogP) is 5.74. The van der Waals surface area contributed by atoms with Gasteiger partial charge in [-0.2, -0.15) is 18.3 Å². The van der Waals surface area contributed by atoms with E-state index < -0.39 is 11.7 Å². The molecule has 0 aliphatic carbocycles. The molecule has 1 atom stereocenters. The molecule has 4 nitrogen and oxygen atoms in total. The van der Waals surface area contributed by atoms with Crippen molar-refractivity contribution in [2.75, 3.05) is 0 Å². The van der Waals surface area contributed by atoms with Crippen molar-refractivity contribution < 1.29 is 18.0 Å². The summed E-state index contributed by atoms with van der Waals surface area (Å²) in [5.74, 6) is -0.287. The molecule has 2 aromatic heterocycles. The smallest absolute Gasteiger partial charge is 0.345 e. The second-order valence-corrected chi connectivity index (χ2v) is 7.87. The van der Waals surface area contributed by atoms with E-state index in [4.69, 9.17) is 0 Å². The van der Waals surface area contributed by atoms with E-state index >= 15 is 0 Å². The first-order chi connectivity index (χ1) is 15.2. The third-order valence-electron chi connectivity index (χ3n) is 5.44. The summed E-state index contributed by atoms with van der Waals surface area (Å²) < 4.78 is 40.9. The highest BCUT2D eigenvalue weighted by atomic mass is 19.4. The van der Waals surface area contributed by atoms with Crippen LogP contribution in [-0.4, -0.2) is 15.5 Å². The summed E-state index contributed by atoms with van der Waals surface area (Å²) in [6.07, 6.45) is -0.961. The summed E-state index contributed by atoms with van der Waals surface area (Å²) in [4.78, 5) is 13.0. The van der Waals surface area contributed by atoms with Crippen molar-refractivity contribution in [2.45, 2.75) is 32.5 Å². The van der Waals surface area contributed by atoms with Gasteiger partial charge in [0.15, 0.2) is 0 Å². The van der Waals surface area contributed by atoms with Crippen LogP contribution in [0.4, 0.5) is 13.2 Å². The first kappa shape index (κ1) is 21.6. The van der Waals surface area contributed by atoms with Crippen molar-refractivity contribution >= 4 is 11.4 Å². The SMILES string of the molecule is Cc1ccc([C@H](C)NC(=O)c2cnn3cccc(Cc4cccc(C(F)(F)F)c4)c23)cc1. The van der Waals surface area contributed by atoms with E-state index in [0.717, 1.165) is 28.8 Å². The lowest BCUT2D eigenvalue weighted by atomic mass is 10.0. The molecule has 164 valence electrons. The molecule has 32 heavy (non-hydrogen) atoms. The highest BCUT2D eigenvalue weighted by molar-refractivity contribution is 6.01. The van der Waals surface area contributed by atoms with Gasteiger partial charge in [-0.1, -0.05) is 54.1 Å². The van der Waals surface area contributed by atoms with Crippen LogP contribution in [0.25, 0.3) is 5.52 Å². The fourth-order valence-corrected chi connectivity index (χ4v) is 3.71. The highest BCUT2D eigenvalue weighted by Crippen LogP contribution is 2.30. The van der Waals surface area contributed by atoms with Gasteiger partial charge in [-0.15, -0.1) is 0 Å². The topological polar surface area (TPSA) is 46.4 Å². The second kappa shape index (κ2) is 8.49. The zero-order chi connectivity index (χ0) is 22.9. The zero-order valence-electron chi connectivity index (χ0n) is 17.6. The van der Waals surface area contributed by atoms with Crippen molar-refractivity contribution in [3.63, 3.8) is 0 Å². The Morgan fingerprint density at radius 3 is 2.56 bits per heavy atom. The fraction of sp³-hybridized carbons (Fsp3) is 0.200. The van der Waals surface area contributed by atoms with Crippen LogP contribution in [0.2, 0.25) is 0 Å². The number of benzene rings is 2. The molecule has 0 bridgehead atoms. The number of halogens is 3. The minimum atomic E-state index is -4.41. The summed E-state index contributed by atoms with van der Waals surface area (Å²) in [6, 6.07) is 16.5. The Hall–Kier alpha value is -3.61. The average molecular weight is 437 g/mol. The molecule has 4 aromatic rings. The lowest BCUT2D eigenvalue weighted by molar-refractivity contribution is -0.137. The Balaban J connectivity index is 1.63. The first-order valence-corrected chi connectivity index (χ1v) is 10.2. The molecule has 0 aliphatic rings. The van der Waals surface area contributed by atoms with Crippen LogP contribution in [-0.2, 0) is 12.6 Å². The number of pyridine rings is 1. The Kier molecular flexibility index (Phi) is 5.74. The predicted molar refractivity (Wildman–Crippen MR) is 117 cm³/mol. The van der Waals surface area contributed by atoms with Crippen LogP contribution in [0.15, 0.2) is 73.1 Å². The first-order valence-electron chi connectivity index (χ1n) is 10.2. The minimum Gasteiger partial charge on any atom is -0.345 e. The summed E-state index contributed by atoms with van der Waals surface area (Å²) in [5, 5.41) is 7.26. The van der Waals surface area contributed by atoms with Crippen molar-refractivity contribution in [1.82, 2.24) is 14.9 Å². The van der Waals surface area contributed by atoms with E-state index in [2.05, 4.69) is 10.4 Å². The van der Waals surface area contributed by atoms with E-state index in [-0.39, 0.29) is 18.4 Å². The highest BCUT2D eigenvalue weighted by Gasteiger charge is 2.30. The maximum absolute atomic E-state index is 13.1. The normalized spacial score (nSPS) is 12.7. The van der Waals surface area contributed by atoms with Gasteiger partial charge in [-0.05, 0) is 49.1 Å². The maximum Gasteiger partial charge on any atom is 0.416 e. The third-order valence-corrected chi connectivity index (χ3v) is 5.44. The van der Waals surface area contributed by atoms with Gasteiger partial charge in [0.25, 0.3) is 5.91 Å². The van der Waals surface area contributed by atoms with Gasteiger partial charge < -0.3 is 5.32 Å². The van der Waals surface area contributed by atoms with Crippen molar-refractivity contribution in [2.24, 2.45) is 0 Å². The van der Waals surface area contributed by atoms with E-state index in [1.54, 1.807) is 28.9 Å². The third kappa shape index (κ3) is 4.51. The molecular weight excluding hydrogens is 415 g/mol. The summed E-state index contributed by atoms with van der Waals surface area (Å²) in [5.41, 5.74) is 3.61. The number of aromatic nitrogens is 2. The van der Waals surface area contributed by atoms with Gasteiger partial charge in [-0.3, -0.25) is 4.79 Å². The lowest BCUT2D eigenvalue weighted by Crippen LogP contribution is -2.26. The number of rotatable bonds is 5. The molecule has 0 fully saturated rings. The monoisotopic (exact) mass is 437 g/mol. The second-order valence-electron chi connectivity index (χ2n) is 7.87. The van der Waals surface area contributed by atoms with Crippen LogP contribution >= 0.6 is 0 Å². The van der Waals surface area contributed by atoms with Crippen molar-refractivity contribution in [3.05, 3.63) is 106 Å². The molecule has 0 spiro atoms. The fourth-order valence-electron chi connectivity index (χ4n) is 3.71. The van der Waals surface area contributed by atoms with Gasteiger partial charge in [0.1, 0.15) is 0 Å².